The van der Waals surface area contributed by atoms with Crippen LogP contribution in [0.1, 0.15) is 35.5 Å². The maximum atomic E-state index is 4.80. The first kappa shape index (κ1) is 15.9. The van der Waals surface area contributed by atoms with Crippen LogP contribution in [0.4, 0.5) is 0 Å². The van der Waals surface area contributed by atoms with Gasteiger partial charge in [0.25, 0.3) is 0 Å². The molecule has 20 heavy (non-hydrogen) atoms. The Kier molecular flexibility index (Phi) is 5.55. The monoisotopic (exact) mass is 296 g/mol. The molecule has 114 valence electrons. The van der Waals surface area contributed by atoms with Gasteiger partial charge in [0, 0.05) is 43.0 Å². The molecular formula is C15H28N4S. The second-order valence-corrected chi connectivity index (χ2v) is 7.05. The van der Waals surface area contributed by atoms with E-state index in [0.717, 1.165) is 26.1 Å². The Bertz CT molecular complexity index is 432. The first-order chi connectivity index (χ1) is 9.51. The molecule has 2 atom stereocenters. The highest BCUT2D eigenvalue weighted by atomic mass is 32.1. The van der Waals surface area contributed by atoms with E-state index in [1.807, 2.05) is 11.3 Å². The van der Waals surface area contributed by atoms with Crippen LogP contribution in [0, 0.1) is 6.92 Å². The summed E-state index contributed by atoms with van der Waals surface area (Å²) in [4.78, 5) is 11.1. The van der Waals surface area contributed by atoms with E-state index in [-0.39, 0.29) is 0 Å². The number of hydrogen-bond acceptors (Lipinski definition) is 5. The third kappa shape index (κ3) is 3.79. The van der Waals surface area contributed by atoms with E-state index < -0.39 is 0 Å². The van der Waals surface area contributed by atoms with Crippen molar-refractivity contribution in [3.63, 3.8) is 0 Å². The van der Waals surface area contributed by atoms with E-state index in [0.29, 0.717) is 12.1 Å². The van der Waals surface area contributed by atoms with Gasteiger partial charge in [-0.05, 0) is 34.5 Å². The van der Waals surface area contributed by atoms with Gasteiger partial charge >= 0.3 is 0 Å². The molecule has 1 aromatic rings. The Hall–Kier alpha value is -0.490. The second-order valence-electron chi connectivity index (χ2n) is 5.94. The normalized spacial score (nSPS) is 23.1. The minimum absolute atomic E-state index is 0.415. The van der Waals surface area contributed by atoms with Crippen molar-refractivity contribution in [3.8, 4) is 0 Å². The number of piperazine rings is 1. The zero-order valence-corrected chi connectivity index (χ0v) is 14.3. The van der Waals surface area contributed by atoms with Crippen molar-refractivity contribution in [2.45, 2.75) is 39.3 Å². The summed E-state index contributed by atoms with van der Waals surface area (Å²) >= 11 is 1.89. The number of aryl methyl sites for hydroxylation is 1. The van der Waals surface area contributed by atoms with Crippen molar-refractivity contribution in [3.05, 3.63) is 15.6 Å². The molecule has 1 saturated heterocycles. The lowest BCUT2D eigenvalue weighted by atomic mass is 10.1. The fourth-order valence-electron chi connectivity index (χ4n) is 2.88. The van der Waals surface area contributed by atoms with Crippen molar-refractivity contribution in [2.24, 2.45) is 0 Å². The lowest BCUT2D eigenvalue weighted by Gasteiger charge is -2.37. The molecule has 1 aliphatic rings. The Morgan fingerprint density at radius 1 is 1.40 bits per heavy atom. The Labute approximate surface area is 127 Å². The maximum absolute atomic E-state index is 4.80. The Morgan fingerprint density at radius 2 is 2.15 bits per heavy atom. The predicted molar refractivity (Wildman–Crippen MR) is 86.6 cm³/mol. The summed E-state index contributed by atoms with van der Waals surface area (Å²) in [5.74, 6) is 0. The van der Waals surface area contributed by atoms with Gasteiger partial charge in [-0.15, -0.1) is 11.3 Å². The molecule has 2 heterocycles. The molecule has 0 bridgehead atoms. The number of nitrogens with one attached hydrogen (secondary N) is 1. The molecule has 0 spiro atoms. The molecule has 1 fully saturated rings. The number of thiazole rings is 1. The molecule has 0 amide bonds. The van der Waals surface area contributed by atoms with Gasteiger partial charge in [0.2, 0.25) is 0 Å². The van der Waals surface area contributed by atoms with Gasteiger partial charge in [0.1, 0.15) is 0 Å². The lowest BCUT2D eigenvalue weighted by molar-refractivity contribution is 0.114. The molecule has 1 N–H and O–H groups in total. The van der Waals surface area contributed by atoms with Gasteiger partial charge in [0.15, 0.2) is 0 Å². The fourth-order valence-corrected chi connectivity index (χ4v) is 4.04. The largest absolute Gasteiger partial charge is 0.310 e. The smallest absolute Gasteiger partial charge is 0.0947 e. The van der Waals surface area contributed by atoms with Gasteiger partial charge in [-0.2, -0.15) is 0 Å². The zero-order chi connectivity index (χ0) is 14.7. The highest BCUT2D eigenvalue weighted by Crippen LogP contribution is 2.26. The fraction of sp³-hybridized carbons (Fsp3) is 0.800. The summed E-state index contributed by atoms with van der Waals surface area (Å²) in [6.45, 7) is 11.0. The van der Waals surface area contributed by atoms with E-state index in [1.165, 1.54) is 22.1 Å². The number of aromatic nitrogens is 1. The number of nitrogens with zero attached hydrogens (tertiary/aromatic N) is 3. The standard InChI is InChI=1S/C15H28N4S/c1-6-16-11(2)15-12(3)17-14(20-15)9-13-10-18(4)7-8-19(13)5/h11,13,16H,6-10H2,1-5H3. The molecule has 0 saturated carbocycles. The molecule has 0 aromatic carbocycles. The van der Waals surface area contributed by atoms with E-state index in [9.17, 15) is 0 Å². The topological polar surface area (TPSA) is 31.4 Å². The number of rotatable bonds is 5. The van der Waals surface area contributed by atoms with Gasteiger partial charge in [-0.25, -0.2) is 4.98 Å². The maximum Gasteiger partial charge on any atom is 0.0947 e. The predicted octanol–water partition coefficient (Wildman–Crippen LogP) is 1.91. The lowest BCUT2D eigenvalue weighted by Crippen LogP contribution is -2.50. The summed E-state index contributed by atoms with van der Waals surface area (Å²) < 4.78 is 0. The molecule has 2 rings (SSSR count). The molecule has 5 heteroatoms. The molecule has 2 unspecified atom stereocenters. The van der Waals surface area contributed by atoms with E-state index in [4.69, 9.17) is 4.98 Å². The first-order valence-electron chi connectivity index (χ1n) is 7.59. The first-order valence-corrected chi connectivity index (χ1v) is 8.41. The van der Waals surface area contributed by atoms with Crippen molar-refractivity contribution in [1.29, 1.82) is 0 Å². The summed E-state index contributed by atoms with van der Waals surface area (Å²) in [5.41, 5.74) is 1.20. The summed E-state index contributed by atoms with van der Waals surface area (Å²) in [6.07, 6.45) is 1.07. The quantitative estimate of drug-likeness (QED) is 0.899. The van der Waals surface area contributed by atoms with Crippen molar-refractivity contribution in [2.75, 3.05) is 40.3 Å². The van der Waals surface area contributed by atoms with Crippen LogP contribution in [0.2, 0.25) is 0 Å². The molecule has 1 aliphatic heterocycles. The van der Waals surface area contributed by atoms with E-state index >= 15 is 0 Å². The minimum atomic E-state index is 0.415. The summed E-state index contributed by atoms with van der Waals surface area (Å²) in [5, 5.41) is 4.77. The summed E-state index contributed by atoms with van der Waals surface area (Å²) in [7, 11) is 4.45. The van der Waals surface area contributed by atoms with Crippen LogP contribution in [0.3, 0.4) is 0 Å². The van der Waals surface area contributed by atoms with Crippen LogP contribution in [0.15, 0.2) is 0 Å². The van der Waals surface area contributed by atoms with Gasteiger partial charge in [-0.1, -0.05) is 6.92 Å². The Balaban J connectivity index is 2.04. The van der Waals surface area contributed by atoms with Crippen LogP contribution in [0.5, 0.6) is 0 Å². The third-order valence-corrected chi connectivity index (χ3v) is 5.53. The molecular weight excluding hydrogens is 268 g/mol. The zero-order valence-electron chi connectivity index (χ0n) is 13.4. The SMILES string of the molecule is CCNC(C)c1sc(CC2CN(C)CCN2C)nc1C. The average Bonchev–Trinajstić information content (AvgIpc) is 2.75. The van der Waals surface area contributed by atoms with Crippen molar-refractivity contribution in [1.82, 2.24) is 20.1 Å². The third-order valence-electron chi connectivity index (χ3n) is 4.17. The molecule has 1 aromatic heterocycles. The van der Waals surface area contributed by atoms with Gasteiger partial charge in [0.05, 0.1) is 10.7 Å². The van der Waals surface area contributed by atoms with Crippen LogP contribution in [0.25, 0.3) is 0 Å². The van der Waals surface area contributed by atoms with Crippen LogP contribution >= 0.6 is 11.3 Å². The van der Waals surface area contributed by atoms with Crippen LogP contribution < -0.4 is 5.32 Å². The summed E-state index contributed by atoms with van der Waals surface area (Å²) in [6, 6.07) is 1.01. The molecule has 0 aliphatic carbocycles. The average molecular weight is 296 g/mol. The number of likely N-dealkylation sites (N-methyl/N-ethyl adjacent to an activating group) is 2. The van der Waals surface area contributed by atoms with Crippen molar-refractivity contribution < 1.29 is 0 Å². The minimum Gasteiger partial charge on any atom is -0.310 e. The highest BCUT2D eigenvalue weighted by Gasteiger charge is 2.24. The van der Waals surface area contributed by atoms with Crippen molar-refractivity contribution >= 4 is 11.3 Å². The van der Waals surface area contributed by atoms with Crippen LogP contribution in [-0.4, -0.2) is 61.1 Å². The Morgan fingerprint density at radius 3 is 2.85 bits per heavy atom. The second kappa shape index (κ2) is 6.98. The van der Waals surface area contributed by atoms with E-state index in [1.54, 1.807) is 0 Å². The number of hydrogen-bond donors (Lipinski definition) is 1. The van der Waals surface area contributed by atoms with Gasteiger partial charge < -0.3 is 15.1 Å². The van der Waals surface area contributed by atoms with Crippen LogP contribution in [-0.2, 0) is 6.42 Å². The molecule has 4 nitrogen and oxygen atoms in total. The molecule has 0 radical (unpaired) electrons. The highest BCUT2D eigenvalue weighted by molar-refractivity contribution is 7.11. The van der Waals surface area contributed by atoms with E-state index in [2.05, 4.69) is 50.0 Å². The van der Waals surface area contributed by atoms with Gasteiger partial charge in [-0.3, -0.25) is 0 Å².